The number of aryl methyl sites for hydroxylation is 2. The Balaban J connectivity index is 1.79. The summed E-state index contributed by atoms with van der Waals surface area (Å²) in [7, 11) is 0. The van der Waals surface area contributed by atoms with E-state index in [0.29, 0.717) is 36.5 Å². The zero-order valence-electron chi connectivity index (χ0n) is 19.7. The van der Waals surface area contributed by atoms with Crippen molar-refractivity contribution in [2.45, 2.75) is 26.8 Å². The zero-order valence-corrected chi connectivity index (χ0v) is 19.7. The number of halogens is 2. The molecule has 0 unspecified atom stereocenters. The first-order chi connectivity index (χ1) is 16.8. The minimum absolute atomic E-state index is 0.0428. The summed E-state index contributed by atoms with van der Waals surface area (Å²) < 4.78 is 36.0. The van der Waals surface area contributed by atoms with E-state index in [-0.39, 0.29) is 23.3 Å². The number of pyridine rings is 1. The highest BCUT2D eigenvalue weighted by Gasteiger charge is 2.26. The minimum atomic E-state index is -0.737. The standard InChI is InChI=1S/C26H25F2N5O2/c1-15-6-4-7-16(2)22(15)33-24-20(23(31-26(33)34)32-11-10-29-14-17(32)3)13-21(28)25(30-24)35-19-9-5-8-18(27)12-19/h4-9,12-13,17,29H,10-11,14H2,1-3H3/t17-/m0/s1. The summed E-state index contributed by atoms with van der Waals surface area (Å²) in [4.78, 5) is 24.4. The molecule has 2 aromatic heterocycles. The van der Waals surface area contributed by atoms with Crippen LogP contribution in [0.1, 0.15) is 18.1 Å². The van der Waals surface area contributed by atoms with Crippen LogP contribution in [0.25, 0.3) is 16.7 Å². The van der Waals surface area contributed by atoms with Crippen molar-refractivity contribution in [3.05, 3.63) is 81.8 Å². The number of ether oxygens (including phenoxy) is 1. The third-order valence-corrected chi connectivity index (χ3v) is 6.22. The van der Waals surface area contributed by atoms with Crippen LogP contribution in [-0.4, -0.2) is 40.2 Å². The van der Waals surface area contributed by atoms with Crippen LogP contribution in [0.4, 0.5) is 14.6 Å². The van der Waals surface area contributed by atoms with E-state index in [9.17, 15) is 9.18 Å². The van der Waals surface area contributed by atoms with Gasteiger partial charge < -0.3 is 15.0 Å². The van der Waals surface area contributed by atoms with Crippen molar-refractivity contribution in [1.82, 2.24) is 19.9 Å². The number of rotatable bonds is 4. The third kappa shape index (κ3) is 4.23. The van der Waals surface area contributed by atoms with Crippen LogP contribution < -0.4 is 20.6 Å². The quantitative estimate of drug-likeness (QED) is 0.474. The molecule has 1 atom stereocenters. The van der Waals surface area contributed by atoms with Gasteiger partial charge in [-0.2, -0.15) is 9.97 Å². The van der Waals surface area contributed by atoms with Gasteiger partial charge in [0, 0.05) is 31.7 Å². The van der Waals surface area contributed by atoms with Gasteiger partial charge in [0.25, 0.3) is 5.88 Å². The van der Waals surface area contributed by atoms with Crippen LogP contribution in [-0.2, 0) is 0 Å². The Kier molecular flexibility index (Phi) is 5.94. The average molecular weight is 478 g/mol. The molecule has 0 aliphatic carbocycles. The van der Waals surface area contributed by atoms with Gasteiger partial charge in [-0.25, -0.2) is 18.1 Å². The van der Waals surface area contributed by atoms with Gasteiger partial charge in [-0.05, 0) is 50.1 Å². The van der Waals surface area contributed by atoms with Crippen molar-refractivity contribution < 1.29 is 13.5 Å². The highest BCUT2D eigenvalue weighted by molar-refractivity contribution is 5.89. The molecule has 0 saturated carbocycles. The van der Waals surface area contributed by atoms with Crippen LogP contribution in [0.15, 0.2) is 53.3 Å². The van der Waals surface area contributed by atoms with E-state index in [0.717, 1.165) is 17.2 Å². The smallest absolute Gasteiger partial charge is 0.355 e. The van der Waals surface area contributed by atoms with E-state index in [1.165, 1.54) is 28.8 Å². The summed E-state index contributed by atoms with van der Waals surface area (Å²) in [6.07, 6.45) is 0. The van der Waals surface area contributed by atoms with Gasteiger partial charge in [0.2, 0.25) is 0 Å². The number of para-hydroxylation sites is 1. The predicted molar refractivity (Wildman–Crippen MR) is 131 cm³/mol. The topological polar surface area (TPSA) is 72.3 Å². The molecule has 1 aliphatic heterocycles. The van der Waals surface area contributed by atoms with E-state index in [1.54, 1.807) is 0 Å². The first-order valence-electron chi connectivity index (χ1n) is 11.4. The summed E-state index contributed by atoms with van der Waals surface area (Å²) in [5, 5.41) is 3.70. The molecule has 2 aromatic carbocycles. The molecule has 9 heteroatoms. The first-order valence-corrected chi connectivity index (χ1v) is 11.4. The maximum absolute atomic E-state index is 15.3. The second-order valence-electron chi connectivity index (χ2n) is 8.75. The van der Waals surface area contributed by atoms with Crippen LogP contribution in [0.2, 0.25) is 0 Å². The molecule has 0 radical (unpaired) electrons. The van der Waals surface area contributed by atoms with E-state index >= 15 is 4.39 Å². The maximum Gasteiger partial charge on any atom is 0.355 e. The Morgan fingerprint density at radius 1 is 1.06 bits per heavy atom. The van der Waals surface area contributed by atoms with E-state index in [2.05, 4.69) is 15.3 Å². The molecular formula is C26H25F2N5O2. The van der Waals surface area contributed by atoms with Crippen molar-refractivity contribution in [1.29, 1.82) is 0 Å². The molecule has 3 heterocycles. The van der Waals surface area contributed by atoms with E-state index in [1.807, 2.05) is 43.9 Å². The summed E-state index contributed by atoms with van der Waals surface area (Å²) in [5.74, 6) is -1.13. The van der Waals surface area contributed by atoms with Gasteiger partial charge in [0.15, 0.2) is 11.5 Å². The van der Waals surface area contributed by atoms with E-state index in [4.69, 9.17) is 4.74 Å². The molecule has 1 fully saturated rings. The number of aromatic nitrogens is 3. The lowest BCUT2D eigenvalue weighted by atomic mass is 10.1. The first kappa shape index (κ1) is 22.9. The highest BCUT2D eigenvalue weighted by Crippen LogP contribution is 2.32. The number of nitrogens with zero attached hydrogens (tertiary/aromatic N) is 4. The summed E-state index contributed by atoms with van der Waals surface area (Å²) >= 11 is 0. The van der Waals surface area contributed by atoms with E-state index < -0.39 is 17.3 Å². The molecule has 180 valence electrons. The number of benzene rings is 2. The Morgan fingerprint density at radius 3 is 2.51 bits per heavy atom. The minimum Gasteiger partial charge on any atom is -0.436 e. The van der Waals surface area contributed by atoms with Gasteiger partial charge in [0.05, 0.1) is 11.1 Å². The van der Waals surface area contributed by atoms with Crippen LogP contribution in [0.3, 0.4) is 0 Å². The molecule has 1 aliphatic rings. The average Bonchev–Trinajstić information content (AvgIpc) is 2.81. The van der Waals surface area contributed by atoms with Crippen molar-refractivity contribution in [3.8, 4) is 17.3 Å². The SMILES string of the molecule is Cc1cccc(C)c1-n1c(=O)nc(N2CCNC[C@@H]2C)c2cc(F)c(Oc3cccc(F)c3)nc21. The summed E-state index contributed by atoms with van der Waals surface area (Å²) in [6, 6.07) is 12.4. The number of anilines is 1. The molecule has 1 N–H and O–H groups in total. The third-order valence-electron chi connectivity index (χ3n) is 6.22. The van der Waals surface area contributed by atoms with Gasteiger partial charge in [-0.1, -0.05) is 24.3 Å². The van der Waals surface area contributed by atoms with Gasteiger partial charge in [-0.3, -0.25) is 0 Å². The van der Waals surface area contributed by atoms with Crippen molar-refractivity contribution in [2.75, 3.05) is 24.5 Å². The fraction of sp³-hybridized carbons (Fsp3) is 0.269. The highest BCUT2D eigenvalue weighted by atomic mass is 19.1. The predicted octanol–water partition coefficient (Wildman–Crippen LogP) is 4.27. The Hall–Kier alpha value is -3.85. The molecule has 7 nitrogen and oxygen atoms in total. The van der Waals surface area contributed by atoms with Gasteiger partial charge >= 0.3 is 5.69 Å². The number of hydrogen-bond donors (Lipinski definition) is 1. The molecule has 4 aromatic rings. The Morgan fingerprint density at radius 2 is 1.80 bits per heavy atom. The second-order valence-corrected chi connectivity index (χ2v) is 8.75. The fourth-order valence-electron chi connectivity index (χ4n) is 4.54. The maximum atomic E-state index is 15.3. The van der Waals surface area contributed by atoms with Gasteiger partial charge in [-0.15, -0.1) is 0 Å². The van der Waals surface area contributed by atoms with Gasteiger partial charge in [0.1, 0.15) is 17.4 Å². The van der Waals surface area contributed by atoms with Crippen molar-refractivity contribution >= 4 is 16.9 Å². The zero-order chi connectivity index (χ0) is 24.7. The number of nitrogens with one attached hydrogen (secondary N) is 1. The summed E-state index contributed by atoms with van der Waals surface area (Å²) in [5.41, 5.74) is 2.02. The lowest BCUT2D eigenvalue weighted by Crippen LogP contribution is -2.50. The summed E-state index contributed by atoms with van der Waals surface area (Å²) in [6.45, 7) is 7.83. The monoisotopic (exact) mass is 477 g/mol. The molecule has 35 heavy (non-hydrogen) atoms. The Bertz CT molecular complexity index is 1470. The lowest BCUT2D eigenvalue weighted by Gasteiger charge is -2.35. The van der Waals surface area contributed by atoms with Crippen molar-refractivity contribution in [2.24, 2.45) is 0 Å². The number of piperazine rings is 1. The normalized spacial score (nSPS) is 16.0. The largest absolute Gasteiger partial charge is 0.436 e. The molecule has 5 rings (SSSR count). The fourth-order valence-corrected chi connectivity index (χ4v) is 4.54. The molecular weight excluding hydrogens is 452 g/mol. The molecule has 1 saturated heterocycles. The molecule has 0 bridgehead atoms. The number of fused-ring (bicyclic) bond motifs is 1. The van der Waals surface area contributed by atoms with Crippen LogP contribution in [0.5, 0.6) is 11.6 Å². The second kappa shape index (κ2) is 9.07. The van der Waals surface area contributed by atoms with Crippen LogP contribution in [0, 0.1) is 25.5 Å². The van der Waals surface area contributed by atoms with Crippen molar-refractivity contribution in [3.63, 3.8) is 0 Å². The van der Waals surface area contributed by atoms with Crippen LogP contribution >= 0.6 is 0 Å². The Labute approximate surface area is 201 Å². The number of hydrogen-bond acceptors (Lipinski definition) is 6. The lowest BCUT2D eigenvalue weighted by molar-refractivity contribution is 0.421. The molecule has 0 spiro atoms. The molecule has 0 amide bonds.